The molecule has 0 radical (unpaired) electrons. The van der Waals surface area contributed by atoms with Gasteiger partial charge in [-0.1, -0.05) is 40.2 Å². The number of nitrogens with one attached hydrogen (secondary N) is 2. The van der Waals surface area contributed by atoms with Gasteiger partial charge in [0.05, 0.1) is 6.61 Å². The van der Waals surface area contributed by atoms with Gasteiger partial charge in [0, 0.05) is 24.2 Å². The van der Waals surface area contributed by atoms with Gasteiger partial charge >= 0.3 is 5.97 Å². The third-order valence-corrected chi connectivity index (χ3v) is 4.76. The summed E-state index contributed by atoms with van der Waals surface area (Å²) in [5.41, 5.74) is 0.787. The molecule has 0 bridgehead atoms. The molecule has 8 nitrogen and oxygen atoms in total. The van der Waals surface area contributed by atoms with E-state index in [1.165, 1.54) is 0 Å². The van der Waals surface area contributed by atoms with E-state index in [1.54, 1.807) is 38.5 Å². The van der Waals surface area contributed by atoms with Crippen LogP contribution in [0.3, 0.4) is 0 Å². The molecule has 2 N–H and O–H groups in total. The van der Waals surface area contributed by atoms with E-state index < -0.39 is 30.0 Å². The van der Waals surface area contributed by atoms with E-state index in [0.29, 0.717) is 6.42 Å². The molecular formula is C22H34N4O4. The van der Waals surface area contributed by atoms with Gasteiger partial charge in [0.1, 0.15) is 18.1 Å². The maximum absolute atomic E-state index is 13.0. The van der Waals surface area contributed by atoms with E-state index in [4.69, 9.17) is 4.74 Å². The predicted molar refractivity (Wildman–Crippen MR) is 116 cm³/mol. The van der Waals surface area contributed by atoms with Gasteiger partial charge in [-0.2, -0.15) is 0 Å². The van der Waals surface area contributed by atoms with Crippen LogP contribution in [0.5, 0.6) is 0 Å². The first-order chi connectivity index (χ1) is 14.2. The van der Waals surface area contributed by atoms with Crippen molar-refractivity contribution < 1.29 is 19.1 Å². The highest BCUT2D eigenvalue weighted by Gasteiger charge is 2.31. The molecule has 0 saturated heterocycles. The molecule has 0 unspecified atom stereocenters. The Morgan fingerprint density at radius 1 is 1.13 bits per heavy atom. The van der Waals surface area contributed by atoms with Crippen molar-refractivity contribution in [3.63, 3.8) is 0 Å². The molecule has 0 aromatic carbocycles. The molecule has 1 rings (SSSR count). The SMILES string of the molecule is CCOC(=O)[C@H](C)NC(=O)[C@@H](NC(=O)[C@@H](N=Cc1cccnc1)C(C)C)[C@@H](C)CC. The zero-order chi connectivity index (χ0) is 22.7. The van der Waals surface area contributed by atoms with Gasteiger partial charge < -0.3 is 15.4 Å². The number of aliphatic imine (C=N–C) groups is 1. The number of nitrogens with zero attached hydrogens (tertiary/aromatic N) is 2. The molecule has 8 heteroatoms. The van der Waals surface area contributed by atoms with E-state index in [1.807, 2.05) is 33.8 Å². The number of carbonyl (C=O) groups is 3. The van der Waals surface area contributed by atoms with Crippen LogP contribution in [0, 0.1) is 11.8 Å². The molecule has 166 valence electrons. The molecule has 1 heterocycles. The summed E-state index contributed by atoms with van der Waals surface area (Å²) >= 11 is 0. The lowest BCUT2D eigenvalue weighted by atomic mass is 9.96. The molecule has 1 aromatic heterocycles. The van der Waals surface area contributed by atoms with Crippen LogP contribution in [0.1, 0.15) is 53.5 Å². The smallest absolute Gasteiger partial charge is 0.328 e. The van der Waals surface area contributed by atoms with Crippen LogP contribution in [-0.4, -0.2) is 53.7 Å². The van der Waals surface area contributed by atoms with Crippen molar-refractivity contribution in [2.24, 2.45) is 16.8 Å². The Hall–Kier alpha value is -2.77. The lowest BCUT2D eigenvalue weighted by Crippen LogP contribution is -2.55. The molecule has 30 heavy (non-hydrogen) atoms. The van der Waals surface area contributed by atoms with Crippen LogP contribution in [0.4, 0.5) is 0 Å². The Balaban J connectivity index is 2.92. The lowest BCUT2D eigenvalue weighted by molar-refractivity contribution is -0.147. The van der Waals surface area contributed by atoms with Crippen LogP contribution in [0.15, 0.2) is 29.5 Å². The third kappa shape index (κ3) is 7.93. The van der Waals surface area contributed by atoms with Crippen LogP contribution in [-0.2, 0) is 19.1 Å². The van der Waals surface area contributed by atoms with E-state index >= 15 is 0 Å². The number of esters is 1. The van der Waals surface area contributed by atoms with Crippen molar-refractivity contribution >= 4 is 24.0 Å². The number of amides is 2. The molecule has 1 aromatic rings. The highest BCUT2D eigenvalue weighted by atomic mass is 16.5. The molecule has 0 fully saturated rings. The zero-order valence-electron chi connectivity index (χ0n) is 18.7. The monoisotopic (exact) mass is 418 g/mol. The fraction of sp³-hybridized carbons (Fsp3) is 0.591. The molecule has 0 spiro atoms. The van der Waals surface area contributed by atoms with Crippen molar-refractivity contribution in [2.45, 2.75) is 66.1 Å². The Morgan fingerprint density at radius 2 is 1.83 bits per heavy atom. The van der Waals surface area contributed by atoms with E-state index in [-0.39, 0.29) is 24.3 Å². The fourth-order valence-corrected chi connectivity index (χ4v) is 2.73. The summed E-state index contributed by atoms with van der Waals surface area (Å²) < 4.78 is 4.93. The van der Waals surface area contributed by atoms with Crippen molar-refractivity contribution in [1.29, 1.82) is 0 Å². The van der Waals surface area contributed by atoms with E-state index in [2.05, 4.69) is 20.6 Å². The van der Waals surface area contributed by atoms with Crippen molar-refractivity contribution in [2.75, 3.05) is 6.61 Å². The number of hydrogen-bond donors (Lipinski definition) is 2. The number of rotatable bonds is 11. The third-order valence-electron chi connectivity index (χ3n) is 4.76. The van der Waals surface area contributed by atoms with Crippen molar-refractivity contribution in [3.8, 4) is 0 Å². The van der Waals surface area contributed by atoms with Gasteiger partial charge in [0.25, 0.3) is 0 Å². The van der Waals surface area contributed by atoms with E-state index in [9.17, 15) is 14.4 Å². The van der Waals surface area contributed by atoms with Gasteiger partial charge in [-0.15, -0.1) is 0 Å². The maximum Gasteiger partial charge on any atom is 0.328 e. The largest absolute Gasteiger partial charge is 0.464 e. The fourth-order valence-electron chi connectivity index (χ4n) is 2.73. The summed E-state index contributed by atoms with van der Waals surface area (Å²) in [5.74, 6) is -1.47. The summed E-state index contributed by atoms with van der Waals surface area (Å²) in [4.78, 5) is 46.0. The van der Waals surface area contributed by atoms with Crippen molar-refractivity contribution in [3.05, 3.63) is 30.1 Å². The summed E-state index contributed by atoms with van der Waals surface area (Å²) in [5, 5.41) is 5.47. The number of hydrogen-bond acceptors (Lipinski definition) is 6. The quantitative estimate of drug-likeness (QED) is 0.423. The van der Waals surface area contributed by atoms with E-state index in [0.717, 1.165) is 5.56 Å². The molecular weight excluding hydrogens is 384 g/mol. The molecule has 0 aliphatic heterocycles. The van der Waals surface area contributed by atoms with Crippen LogP contribution in [0.2, 0.25) is 0 Å². The van der Waals surface area contributed by atoms with Gasteiger partial charge in [0.2, 0.25) is 11.8 Å². The number of aromatic nitrogens is 1. The Labute approximate surface area is 178 Å². The minimum atomic E-state index is -0.801. The molecule has 0 aliphatic rings. The average molecular weight is 419 g/mol. The normalized spacial score (nSPS) is 15.3. The summed E-state index contributed by atoms with van der Waals surface area (Å²) in [6, 6.07) is 1.39. The number of carbonyl (C=O) groups excluding carboxylic acids is 3. The van der Waals surface area contributed by atoms with Crippen molar-refractivity contribution in [1.82, 2.24) is 15.6 Å². The predicted octanol–water partition coefficient (Wildman–Crippen LogP) is 2.12. The van der Waals surface area contributed by atoms with Crippen LogP contribution < -0.4 is 10.6 Å². The highest BCUT2D eigenvalue weighted by Crippen LogP contribution is 2.12. The average Bonchev–Trinajstić information content (AvgIpc) is 2.72. The molecule has 4 atom stereocenters. The maximum atomic E-state index is 13.0. The second-order valence-corrected chi connectivity index (χ2v) is 7.61. The first kappa shape index (κ1) is 25.3. The lowest BCUT2D eigenvalue weighted by Gasteiger charge is -2.27. The first-order valence-corrected chi connectivity index (χ1v) is 10.4. The standard InChI is InChI=1S/C22H34N4O4/c1-7-15(5)19(21(28)25-16(6)22(29)30-8-2)26-20(27)18(14(3)4)24-13-17-10-9-11-23-12-17/h9-16,18-19H,7-8H2,1-6H3,(H,25,28)(H,26,27)/t15-,16-,18-,19-/m0/s1. The number of ether oxygens (including phenoxy) is 1. The van der Waals surface area contributed by atoms with Crippen LogP contribution in [0.25, 0.3) is 0 Å². The second kappa shape index (κ2) is 12.7. The van der Waals surface area contributed by atoms with Gasteiger partial charge in [-0.25, -0.2) is 4.79 Å². The Morgan fingerprint density at radius 3 is 2.37 bits per heavy atom. The van der Waals surface area contributed by atoms with Crippen LogP contribution >= 0.6 is 0 Å². The zero-order valence-corrected chi connectivity index (χ0v) is 18.7. The summed E-state index contributed by atoms with van der Waals surface area (Å²) in [6.45, 7) is 11.1. The number of pyridine rings is 1. The first-order valence-electron chi connectivity index (χ1n) is 10.4. The molecule has 0 aliphatic carbocycles. The summed E-state index contributed by atoms with van der Waals surface area (Å²) in [7, 11) is 0. The Bertz CT molecular complexity index is 721. The minimum Gasteiger partial charge on any atom is -0.464 e. The van der Waals surface area contributed by atoms with Gasteiger partial charge in [-0.3, -0.25) is 19.6 Å². The Kier molecular flexibility index (Phi) is 10.7. The molecule has 2 amide bonds. The van der Waals surface area contributed by atoms with Gasteiger partial charge in [0.15, 0.2) is 0 Å². The topological polar surface area (TPSA) is 110 Å². The second-order valence-electron chi connectivity index (χ2n) is 7.61. The van der Waals surface area contributed by atoms with Gasteiger partial charge in [-0.05, 0) is 31.7 Å². The molecule has 0 saturated carbocycles. The minimum absolute atomic E-state index is 0.0722. The summed E-state index contributed by atoms with van der Waals surface area (Å²) in [6.07, 6.45) is 5.61. The highest BCUT2D eigenvalue weighted by molar-refractivity contribution is 5.93.